The number of carbonyl (C=O) groups is 1. The molecule has 0 saturated carbocycles. The molecule has 0 fully saturated rings. The molecule has 9 heteroatoms. The minimum absolute atomic E-state index is 0.0272. The zero-order valence-corrected chi connectivity index (χ0v) is 13.3. The lowest BCUT2D eigenvalue weighted by Crippen LogP contribution is -2.30. The van der Waals surface area contributed by atoms with E-state index in [-0.39, 0.29) is 17.3 Å². The molecule has 1 aromatic carbocycles. The van der Waals surface area contributed by atoms with Gasteiger partial charge in [-0.05, 0) is 34.1 Å². The molecule has 0 spiro atoms. The zero-order chi connectivity index (χ0) is 15.2. The lowest BCUT2D eigenvalue weighted by Gasteiger charge is -2.09. The van der Waals surface area contributed by atoms with Crippen molar-refractivity contribution in [3.63, 3.8) is 0 Å². The standard InChI is InChI=1S/C11H16BrN3O4S/c1-19-5-4-14-7-11(16)15-10-3-2-8(6-9(10)12)20(13,17)18/h2-3,6,14H,4-5,7H2,1H3,(H,15,16)(H2,13,17,18). The van der Waals surface area contributed by atoms with Gasteiger partial charge in [0, 0.05) is 18.1 Å². The lowest BCUT2D eigenvalue weighted by atomic mass is 10.3. The summed E-state index contributed by atoms with van der Waals surface area (Å²) in [6.07, 6.45) is 0. The Bertz CT molecular complexity index is 577. The largest absolute Gasteiger partial charge is 0.383 e. The molecule has 0 aliphatic carbocycles. The van der Waals surface area contributed by atoms with Gasteiger partial charge in [-0.2, -0.15) is 0 Å². The van der Waals surface area contributed by atoms with Crippen LogP contribution in [0.3, 0.4) is 0 Å². The van der Waals surface area contributed by atoms with Crippen LogP contribution in [0, 0.1) is 0 Å². The number of sulfonamides is 1. The molecular weight excluding hydrogens is 350 g/mol. The van der Waals surface area contributed by atoms with Crippen LogP contribution in [0.1, 0.15) is 0 Å². The topological polar surface area (TPSA) is 111 Å². The zero-order valence-electron chi connectivity index (χ0n) is 10.8. The average molecular weight is 366 g/mol. The molecule has 1 amide bonds. The van der Waals surface area contributed by atoms with Crippen LogP contribution in [0.4, 0.5) is 5.69 Å². The first-order valence-corrected chi connectivity index (χ1v) is 8.00. The molecule has 1 rings (SSSR count). The fraction of sp³-hybridized carbons (Fsp3) is 0.364. The van der Waals surface area contributed by atoms with Crippen LogP contribution in [0.5, 0.6) is 0 Å². The third-order valence-corrected chi connectivity index (χ3v) is 3.88. The van der Waals surface area contributed by atoms with E-state index in [9.17, 15) is 13.2 Å². The number of halogens is 1. The van der Waals surface area contributed by atoms with Crippen molar-refractivity contribution in [1.82, 2.24) is 5.32 Å². The van der Waals surface area contributed by atoms with Gasteiger partial charge in [0.15, 0.2) is 0 Å². The number of rotatable bonds is 7. The van der Waals surface area contributed by atoms with Gasteiger partial charge in [-0.15, -0.1) is 0 Å². The van der Waals surface area contributed by atoms with E-state index >= 15 is 0 Å². The summed E-state index contributed by atoms with van der Waals surface area (Å²) in [5.41, 5.74) is 0.468. The number of carbonyl (C=O) groups excluding carboxylic acids is 1. The normalized spacial score (nSPS) is 11.3. The Kier molecular flexibility index (Phi) is 6.56. The molecule has 0 saturated heterocycles. The van der Waals surface area contributed by atoms with Gasteiger partial charge in [-0.1, -0.05) is 0 Å². The molecular formula is C11H16BrN3O4S. The number of benzene rings is 1. The van der Waals surface area contributed by atoms with Crippen LogP contribution >= 0.6 is 15.9 Å². The van der Waals surface area contributed by atoms with Gasteiger partial charge in [-0.3, -0.25) is 4.79 Å². The van der Waals surface area contributed by atoms with Gasteiger partial charge in [-0.25, -0.2) is 13.6 Å². The SMILES string of the molecule is COCCNCC(=O)Nc1ccc(S(N)(=O)=O)cc1Br. The highest BCUT2D eigenvalue weighted by molar-refractivity contribution is 9.10. The Morgan fingerprint density at radius 1 is 1.45 bits per heavy atom. The van der Waals surface area contributed by atoms with Gasteiger partial charge < -0.3 is 15.4 Å². The summed E-state index contributed by atoms with van der Waals surface area (Å²) < 4.78 is 27.6. The van der Waals surface area contributed by atoms with E-state index in [4.69, 9.17) is 9.88 Å². The number of hydrogen-bond acceptors (Lipinski definition) is 5. The number of methoxy groups -OCH3 is 1. The van der Waals surface area contributed by atoms with Crippen LogP contribution in [-0.4, -0.2) is 41.1 Å². The number of amides is 1. The second-order valence-electron chi connectivity index (χ2n) is 3.90. The first kappa shape index (κ1) is 17.1. The van der Waals surface area contributed by atoms with Crippen molar-refractivity contribution < 1.29 is 17.9 Å². The summed E-state index contributed by atoms with van der Waals surface area (Å²) in [6.45, 7) is 1.21. The highest BCUT2D eigenvalue weighted by Crippen LogP contribution is 2.25. The maximum Gasteiger partial charge on any atom is 0.238 e. The molecule has 0 aliphatic rings. The van der Waals surface area contributed by atoms with Crippen LogP contribution in [-0.2, 0) is 19.6 Å². The Balaban J connectivity index is 2.63. The monoisotopic (exact) mass is 365 g/mol. The smallest absolute Gasteiger partial charge is 0.238 e. The predicted molar refractivity (Wildman–Crippen MR) is 78.9 cm³/mol. The van der Waals surface area contributed by atoms with Gasteiger partial charge >= 0.3 is 0 Å². The van der Waals surface area contributed by atoms with Gasteiger partial charge in [0.05, 0.1) is 23.7 Å². The van der Waals surface area contributed by atoms with Crippen molar-refractivity contribution >= 4 is 37.5 Å². The van der Waals surface area contributed by atoms with Crippen molar-refractivity contribution in [3.05, 3.63) is 22.7 Å². The highest BCUT2D eigenvalue weighted by Gasteiger charge is 2.11. The van der Waals surface area contributed by atoms with Crippen molar-refractivity contribution in [2.24, 2.45) is 5.14 Å². The van der Waals surface area contributed by atoms with Crippen LogP contribution in [0.25, 0.3) is 0 Å². The summed E-state index contributed by atoms with van der Waals surface area (Å²) in [4.78, 5) is 11.6. The van der Waals surface area contributed by atoms with Crippen molar-refractivity contribution in [2.75, 3.05) is 32.1 Å². The lowest BCUT2D eigenvalue weighted by molar-refractivity contribution is -0.115. The van der Waals surface area contributed by atoms with Gasteiger partial charge in [0.25, 0.3) is 0 Å². The molecule has 0 unspecified atom stereocenters. The number of hydrogen-bond donors (Lipinski definition) is 3. The van der Waals surface area contributed by atoms with E-state index in [1.165, 1.54) is 18.2 Å². The molecule has 4 N–H and O–H groups in total. The van der Waals surface area contributed by atoms with Crippen LogP contribution in [0.2, 0.25) is 0 Å². The molecule has 0 heterocycles. The number of nitrogens with two attached hydrogens (primary N) is 1. The van der Waals surface area contributed by atoms with E-state index in [0.29, 0.717) is 23.3 Å². The van der Waals surface area contributed by atoms with E-state index in [0.717, 1.165) is 0 Å². The third-order valence-electron chi connectivity index (χ3n) is 2.31. The molecule has 0 bridgehead atoms. The first-order chi connectivity index (χ1) is 9.34. The molecule has 7 nitrogen and oxygen atoms in total. The summed E-state index contributed by atoms with van der Waals surface area (Å²) in [6, 6.07) is 4.13. The number of nitrogens with one attached hydrogen (secondary N) is 2. The van der Waals surface area contributed by atoms with E-state index in [1.807, 2.05) is 0 Å². The molecule has 0 aliphatic heterocycles. The molecule has 0 atom stereocenters. The van der Waals surface area contributed by atoms with Crippen molar-refractivity contribution in [2.45, 2.75) is 4.90 Å². The Morgan fingerprint density at radius 2 is 2.15 bits per heavy atom. The van der Waals surface area contributed by atoms with Crippen molar-refractivity contribution in [3.8, 4) is 0 Å². The first-order valence-electron chi connectivity index (χ1n) is 5.66. The molecule has 0 aromatic heterocycles. The molecule has 20 heavy (non-hydrogen) atoms. The highest BCUT2D eigenvalue weighted by atomic mass is 79.9. The Morgan fingerprint density at radius 3 is 2.70 bits per heavy atom. The minimum Gasteiger partial charge on any atom is -0.383 e. The second-order valence-corrected chi connectivity index (χ2v) is 6.32. The number of ether oxygens (including phenoxy) is 1. The Hall–Kier alpha value is -1.00. The maximum absolute atomic E-state index is 11.6. The predicted octanol–water partition coefficient (Wildman–Crippen LogP) is 0.271. The second kappa shape index (κ2) is 7.70. The van der Waals surface area contributed by atoms with Gasteiger partial charge in [0.2, 0.25) is 15.9 Å². The number of primary sulfonamides is 1. The quantitative estimate of drug-likeness (QED) is 0.600. The number of anilines is 1. The fourth-order valence-corrected chi connectivity index (χ4v) is 2.51. The van der Waals surface area contributed by atoms with E-state index in [2.05, 4.69) is 26.6 Å². The van der Waals surface area contributed by atoms with Crippen LogP contribution < -0.4 is 15.8 Å². The molecule has 112 valence electrons. The average Bonchev–Trinajstić information content (AvgIpc) is 2.36. The van der Waals surface area contributed by atoms with Gasteiger partial charge in [0.1, 0.15) is 0 Å². The van der Waals surface area contributed by atoms with Crippen LogP contribution in [0.15, 0.2) is 27.6 Å². The molecule has 1 aromatic rings. The summed E-state index contributed by atoms with van der Waals surface area (Å²) >= 11 is 3.19. The van der Waals surface area contributed by atoms with E-state index < -0.39 is 10.0 Å². The maximum atomic E-state index is 11.6. The summed E-state index contributed by atoms with van der Waals surface area (Å²) in [5.74, 6) is -0.245. The summed E-state index contributed by atoms with van der Waals surface area (Å²) in [5, 5.41) is 10.5. The fourth-order valence-electron chi connectivity index (χ4n) is 1.34. The molecule has 0 radical (unpaired) electrons. The van der Waals surface area contributed by atoms with Crippen molar-refractivity contribution in [1.29, 1.82) is 0 Å². The Labute approximate surface area is 126 Å². The van der Waals surface area contributed by atoms with E-state index in [1.54, 1.807) is 7.11 Å². The minimum atomic E-state index is -3.76. The third kappa shape index (κ3) is 5.55. The summed E-state index contributed by atoms with van der Waals surface area (Å²) in [7, 11) is -2.18.